The normalized spacial score (nSPS) is 16.7. The summed E-state index contributed by atoms with van der Waals surface area (Å²) < 4.78 is 13.7. The summed E-state index contributed by atoms with van der Waals surface area (Å²) in [7, 11) is 0. The molecule has 0 radical (unpaired) electrons. The van der Waals surface area contributed by atoms with Gasteiger partial charge in [-0.25, -0.2) is 9.37 Å². The zero-order chi connectivity index (χ0) is 18.0. The molecule has 1 N–H and O–H groups in total. The molecule has 1 aromatic carbocycles. The average molecular weight is 344 g/mol. The fraction of sp³-hybridized carbons (Fsp3) is 0.294. The van der Waals surface area contributed by atoms with Crippen LogP contribution in [0.15, 0.2) is 36.5 Å². The number of pyridine rings is 1. The highest BCUT2D eigenvalue weighted by atomic mass is 19.1. The van der Waals surface area contributed by atoms with Crippen LogP contribution < -0.4 is 5.32 Å². The number of nitrogens with one attached hydrogen (secondary N) is 1. The summed E-state index contributed by atoms with van der Waals surface area (Å²) in [5, 5.41) is 14.3. The van der Waals surface area contributed by atoms with Crippen LogP contribution in [0.25, 0.3) is 0 Å². The molecule has 2 aromatic rings. The minimum Gasteiger partial charge on any atom is -0.357 e. The molecule has 2 heterocycles. The third-order valence-corrected chi connectivity index (χ3v) is 4.27. The van der Waals surface area contributed by atoms with Crippen LogP contribution >= 0.6 is 0 Å². The van der Waals surface area contributed by atoms with E-state index in [0.717, 1.165) is 5.56 Å². The topological polar surface area (TPSA) is 88.4 Å². The van der Waals surface area contributed by atoms with E-state index in [9.17, 15) is 19.3 Å². The number of halogens is 1. The third kappa shape index (κ3) is 3.57. The molecule has 25 heavy (non-hydrogen) atoms. The molecule has 7 nitrogen and oxygen atoms in total. The van der Waals surface area contributed by atoms with Gasteiger partial charge in [0.1, 0.15) is 5.82 Å². The maximum atomic E-state index is 13.7. The van der Waals surface area contributed by atoms with Crippen LogP contribution in [0, 0.1) is 15.9 Å². The van der Waals surface area contributed by atoms with Crippen molar-refractivity contribution in [3.8, 4) is 0 Å². The molecule has 1 amide bonds. The van der Waals surface area contributed by atoms with Gasteiger partial charge in [0.05, 0.1) is 11.0 Å². The molecule has 1 atom stereocenters. The maximum absolute atomic E-state index is 13.7. The second-order valence-electron chi connectivity index (χ2n) is 5.90. The van der Waals surface area contributed by atoms with Crippen molar-refractivity contribution in [3.05, 3.63) is 63.6 Å². The third-order valence-electron chi connectivity index (χ3n) is 4.27. The SMILES string of the molecule is CC(=O)N1CCC(Nc2ncccc2[N+](=O)[O-])c2ccc(F)cc2C1. The predicted octanol–water partition coefficient (Wildman–Crippen LogP) is 3.03. The Kier molecular flexibility index (Phi) is 4.60. The average Bonchev–Trinajstić information content (AvgIpc) is 2.74. The lowest BCUT2D eigenvalue weighted by Gasteiger charge is -2.20. The fourth-order valence-electron chi connectivity index (χ4n) is 3.02. The number of aromatic nitrogens is 1. The molecule has 0 aliphatic carbocycles. The number of fused-ring (bicyclic) bond motifs is 1. The number of benzene rings is 1. The van der Waals surface area contributed by atoms with Crippen molar-refractivity contribution < 1.29 is 14.1 Å². The quantitative estimate of drug-likeness (QED) is 0.683. The molecule has 1 aliphatic heterocycles. The van der Waals surface area contributed by atoms with Gasteiger partial charge in [0.15, 0.2) is 0 Å². The van der Waals surface area contributed by atoms with Gasteiger partial charge < -0.3 is 10.2 Å². The molecule has 0 spiro atoms. The van der Waals surface area contributed by atoms with Gasteiger partial charge in [-0.3, -0.25) is 14.9 Å². The van der Waals surface area contributed by atoms with Gasteiger partial charge in [-0.05, 0) is 35.7 Å². The van der Waals surface area contributed by atoms with Crippen molar-refractivity contribution in [2.45, 2.75) is 25.9 Å². The van der Waals surface area contributed by atoms with Crippen LogP contribution in [-0.4, -0.2) is 27.3 Å². The lowest BCUT2D eigenvalue weighted by molar-refractivity contribution is -0.384. The summed E-state index contributed by atoms with van der Waals surface area (Å²) in [5.74, 6) is -0.324. The van der Waals surface area contributed by atoms with Gasteiger partial charge >= 0.3 is 5.69 Å². The smallest absolute Gasteiger partial charge is 0.311 e. The summed E-state index contributed by atoms with van der Waals surface area (Å²) in [6.45, 7) is 2.24. The molecule has 0 saturated heterocycles. The molecule has 0 saturated carbocycles. The first-order valence-corrected chi connectivity index (χ1v) is 7.85. The molecule has 1 aromatic heterocycles. The summed E-state index contributed by atoms with van der Waals surface area (Å²) in [6, 6.07) is 6.97. The Bertz CT molecular complexity index is 827. The van der Waals surface area contributed by atoms with E-state index in [1.807, 2.05) is 0 Å². The number of rotatable bonds is 3. The Morgan fingerprint density at radius 3 is 2.96 bits per heavy atom. The number of nitrogens with zero attached hydrogens (tertiary/aromatic N) is 3. The maximum Gasteiger partial charge on any atom is 0.311 e. The zero-order valence-electron chi connectivity index (χ0n) is 13.6. The highest BCUT2D eigenvalue weighted by Crippen LogP contribution is 2.32. The van der Waals surface area contributed by atoms with Crippen LogP contribution in [0.5, 0.6) is 0 Å². The van der Waals surface area contributed by atoms with Gasteiger partial charge in [0.25, 0.3) is 0 Å². The number of carbonyl (C=O) groups excluding carboxylic acids is 1. The number of nitro groups is 1. The van der Waals surface area contributed by atoms with Crippen LogP contribution in [0.1, 0.15) is 30.5 Å². The molecular formula is C17H17FN4O3. The van der Waals surface area contributed by atoms with Gasteiger partial charge in [-0.1, -0.05) is 6.07 Å². The zero-order valence-corrected chi connectivity index (χ0v) is 13.6. The first-order valence-electron chi connectivity index (χ1n) is 7.85. The number of hydrogen-bond acceptors (Lipinski definition) is 5. The van der Waals surface area contributed by atoms with Gasteiger partial charge in [0, 0.05) is 32.3 Å². The molecular weight excluding hydrogens is 327 g/mol. The van der Waals surface area contributed by atoms with E-state index < -0.39 is 4.92 Å². The Hall–Kier alpha value is -3.03. The monoisotopic (exact) mass is 344 g/mol. The molecule has 8 heteroatoms. The van der Waals surface area contributed by atoms with E-state index in [2.05, 4.69) is 10.3 Å². The van der Waals surface area contributed by atoms with E-state index in [-0.39, 0.29) is 29.3 Å². The molecule has 1 unspecified atom stereocenters. The molecule has 130 valence electrons. The summed E-state index contributed by atoms with van der Waals surface area (Å²) in [4.78, 5) is 28.1. The number of hydrogen-bond donors (Lipinski definition) is 1. The van der Waals surface area contributed by atoms with Crippen molar-refractivity contribution in [1.82, 2.24) is 9.88 Å². The Labute approximate surface area is 143 Å². The highest BCUT2D eigenvalue weighted by molar-refractivity contribution is 5.73. The van der Waals surface area contributed by atoms with Gasteiger partial charge in [-0.15, -0.1) is 0 Å². The number of anilines is 1. The standard InChI is InChI=1S/C17H17FN4O3/c1-11(23)21-8-6-15(14-5-4-13(18)9-12(14)10-21)20-17-16(22(24)25)3-2-7-19-17/h2-5,7,9,15H,6,8,10H2,1H3,(H,19,20). The molecule has 1 aliphatic rings. The summed E-state index contributed by atoms with van der Waals surface area (Å²) in [6.07, 6.45) is 2.01. The molecule has 3 rings (SSSR count). The second kappa shape index (κ2) is 6.84. The van der Waals surface area contributed by atoms with Crippen molar-refractivity contribution in [2.24, 2.45) is 0 Å². The Balaban J connectivity index is 1.97. The van der Waals surface area contributed by atoms with E-state index in [1.165, 1.54) is 37.4 Å². The minimum atomic E-state index is -0.501. The Morgan fingerprint density at radius 1 is 1.44 bits per heavy atom. The van der Waals surface area contributed by atoms with Crippen molar-refractivity contribution >= 4 is 17.4 Å². The van der Waals surface area contributed by atoms with Crippen LogP contribution in [0.3, 0.4) is 0 Å². The molecule has 0 bridgehead atoms. The van der Waals surface area contributed by atoms with Crippen molar-refractivity contribution in [2.75, 3.05) is 11.9 Å². The first-order chi connectivity index (χ1) is 12.0. The van der Waals surface area contributed by atoms with E-state index in [0.29, 0.717) is 25.1 Å². The Morgan fingerprint density at radius 2 is 2.24 bits per heavy atom. The van der Waals surface area contributed by atoms with Crippen LogP contribution in [0.4, 0.5) is 15.9 Å². The van der Waals surface area contributed by atoms with E-state index in [4.69, 9.17) is 0 Å². The fourth-order valence-corrected chi connectivity index (χ4v) is 3.02. The summed E-state index contributed by atoms with van der Waals surface area (Å²) in [5.41, 5.74) is 1.37. The summed E-state index contributed by atoms with van der Waals surface area (Å²) >= 11 is 0. The first kappa shape index (κ1) is 16.8. The predicted molar refractivity (Wildman–Crippen MR) is 89.4 cm³/mol. The largest absolute Gasteiger partial charge is 0.357 e. The van der Waals surface area contributed by atoms with E-state index in [1.54, 1.807) is 11.0 Å². The number of amides is 1. The van der Waals surface area contributed by atoms with Gasteiger partial charge in [-0.2, -0.15) is 0 Å². The molecule has 0 fully saturated rings. The second-order valence-corrected chi connectivity index (χ2v) is 5.90. The van der Waals surface area contributed by atoms with Crippen LogP contribution in [-0.2, 0) is 11.3 Å². The lowest BCUT2D eigenvalue weighted by Crippen LogP contribution is -2.28. The van der Waals surface area contributed by atoms with Crippen LogP contribution in [0.2, 0.25) is 0 Å². The highest BCUT2D eigenvalue weighted by Gasteiger charge is 2.26. The van der Waals surface area contributed by atoms with Crippen molar-refractivity contribution in [1.29, 1.82) is 0 Å². The van der Waals surface area contributed by atoms with E-state index >= 15 is 0 Å². The lowest BCUT2D eigenvalue weighted by atomic mass is 9.99. The van der Waals surface area contributed by atoms with Crippen molar-refractivity contribution in [3.63, 3.8) is 0 Å². The number of carbonyl (C=O) groups is 1. The van der Waals surface area contributed by atoms with Gasteiger partial charge in [0.2, 0.25) is 11.7 Å². The minimum absolute atomic E-state index is 0.0975.